The van der Waals surface area contributed by atoms with Gasteiger partial charge in [0.05, 0.1) is 24.5 Å². The summed E-state index contributed by atoms with van der Waals surface area (Å²) in [5.74, 6) is 0.447. The monoisotopic (exact) mass is 425 g/mol. The zero-order chi connectivity index (χ0) is 19.3. The average molecular weight is 427 g/mol. The van der Waals surface area contributed by atoms with Gasteiger partial charge in [0.25, 0.3) is 0 Å². The number of guanidine groups is 1. The van der Waals surface area contributed by atoms with Gasteiger partial charge in [0, 0.05) is 12.5 Å². The van der Waals surface area contributed by atoms with E-state index in [0.717, 1.165) is 0 Å². The number of ether oxygens (including phenoxy) is 1. The summed E-state index contributed by atoms with van der Waals surface area (Å²) >= 11 is 16.7. The molecule has 3 heterocycles. The van der Waals surface area contributed by atoms with Crippen molar-refractivity contribution in [2.75, 3.05) is 13.2 Å². The first-order chi connectivity index (χ1) is 12.1. The number of amides is 1. The summed E-state index contributed by atoms with van der Waals surface area (Å²) in [6.07, 6.45) is -0.749. The summed E-state index contributed by atoms with van der Waals surface area (Å²) in [6.45, 7) is 4.87. The number of aliphatic hydroxyl groups is 1. The second kappa shape index (κ2) is 6.63. The van der Waals surface area contributed by atoms with Gasteiger partial charge in [-0.3, -0.25) is 4.79 Å². The number of rotatable bonds is 2. The van der Waals surface area contributed by atoms with E-state index < -0.39 is 34.2 Å². The number of hydrogen-bond donors (Lipinski definition) is 4. The third-order valence-corrected chi connectivity index (χ3v) is 4.87. The van der Waals surface area contributed by atoms with Gasteiger partial charge in [-0.25, -0.2) is 4.79 Å². The molecule has 0 aromatic carbocycles. The first-order valence-electron chi connectivity index (χ1n) is 7.84. The number of ketones is 1. The van der Waals surface area contributed by atoms with E-state index in [1.807, 2.05) is 6.92 Å². The number of hydrogen-bond acceptors (Lipinski definition) is 6. The predicted octanol–water partition coefficient (Wildman–Crippen LogP) is 0.206. The van der Waals surface area contributed by atoms with Gasteiger partial charge < -0.3 is 30.7 Å². The summed E-state index contributed by atoms with van der Waals surface area (Å²) in [6, 6.07) is -1.34. The number of halogens is 3. The first-order valence-corrected chi connectivity index (χ1v) is 8.97. The Kier molecular flexibility index (Phi) is 4.93. The minimum Gasteiger partial charge on any atom is -0.443 e. The Balaban J connectivity index is 1.94. The van der Waals surface area contributed by atoms with Gasteiger partial charge in [-0.15, -0.1) is 4.99 Å². The lowest BCUT2D eigenvalue weighted by molar-refractivity contribution is -0.126. The van der Waals surface area contributed by atoms with Crippen molar-refractivity contribution in [3.8, 4) is 0 Å². The first kappa shape index (κ1) is 19.3. The molecule has 3 aliphatic rings. The molecule has 0 bridgehead atoms. The topological polar surface area (TPSA) is 115 Å². The third kappa shape index (κ3) is 3.17. The van der Waals surface area contributed by atoms with Crippen LogP contribution in [0.2, 0.25) is 0 Å². The van der Waals surface area contributed by atoms with Crippen LogP contribution in [0, 0.1) is 0 Å². The number of nitrogens with zero attached hydrogens (tertiary/aromatic N) is 2. The van der Waals surface area contributed by atoms with Crippen molar-refractivity contribution >= 4 is 52.6 Å². The van der Waals surface area contributed by atoms with Crippen molar-refractivity contribution in [2.45, 2.75) is 40.9 Å². The standard InChI is InChI=1S/C14H18Cl3N5O4/c1-6-3-9(24)14-10(18-7(2)21-14)8(4-23)19-11(22(6)14)20-12(25)26-5-13(15,16)17/h6,8,10,18,21,23H,2-5H2,1H3,(H,19,20,25)/t6-,8-,10-,14?/m0/s1. The van der Waals surface area contributed by atoms with E-state index >= 15 is 0 Å². The molecule has 4 atom stereocenters. The molecule has 12 heteroatoms. The zero-order valence-corrected chi connectivity index (χ0v) is 16.0. The van der Waals surface area contributed by atoms with Crippen LogP contribution in [0.1, 0.15) is 13.3 Å². The summed E-state index contributed by atoms with van der Waals surface area (Å²) in [7, 11) is 0. The maximum Gasteiger partial charge on any atom is 0.436 e. The van der Waals surface area contributed by atoms with Gasteiger partial charge in [-0.1, -0.05) is 41.4 Å². The highest BCUT2D eigenvalue weighted by Gasteiger charge is 2.65. The van der Waals surface area contributed by atoms with Crippen LogP contribution in [0.15, 0.2) is 17.4 Å². The molecular weight excluding hydrogens is 409 g/mol. The number of aliphatic hydroxyl groups excluding tert-OH is 1. The molecule has 3 saturated heterocycles. The van der Waals surface area contributed by atoms with Crippen LogP contribution in [-0.2, 0) is 9.53 Å². The lowest BCUT2D eigenvalue weighted by Crippen LogP contribution is -2.77. The lowest BCUT2D eigenvalue weighted by atomic mass is 9.90. The summed E-state index contributed by atoms with van der Waals surface area (Å²) in [4.78, 5) is 30.4. The molecule has 4 N–H and O–H groups in total. The molecule has 26 heavy (non-hydrogen) atoms. The Bertz CT molecular complexity index is 682. The highest BCUT2D eigenvalue weighted by molar-refractivity contribution is 6.67. The van der Waals surface area contributed by atoms with Gasteiger partial charge in [0.2, 0.25) is 9.75 Å². The van der Waals surface area contributed by atoms with Gasteiger partial charge in [0.15, 0.2) is 11.4 Å². The van der Waals surface area contributed by atoms with Crippen molar-refractivity contribution in [1.29, 1.82) is 0 Å². The number of alkyl halides is 3. The Hall–Kier alpha value is -1.42. The van der Waals surface area contributed by atoms with Crippen LogP contribution in [-0.4, -0.2) is 68.6 Å². The molecule has 3 fully saturated rings. The van der Waals surface area contributed by atoms with Crippen LogP contribution in [0.3, 0.4) is 0 Å². The van der Waals surface area contributed by atoms with Gasteiger partial charge in [-0.2, -0.15) is 0 Å². The Morgan fingerprint density at radius 1 is 1.50 bits per heavy atom. The zero-order valence-electron chi connectivity index (χ0n) is 13.8. The SMILES string of the molecule is C=C1N[C@H]2[C@H](CO)N/C(=N\C(=O)OCC(Cl)(Cl)Cl)N3[C@@H](C)CC(=O)C23N1. The highest BCUT2D eigenvalue weighted by Crippen LogP contribution is 2.39. The summed E-state index contributed by atoms with van der Waals surface area (Å²) < 4.78 is 3.07. The second-order valence-corrected chi connectivity index (χ2v) is 8.89. The van der Waals surface area contributed by atoms with Gasteiger partial charge in [0.1, 0.15) is 6.61 Å². The number of carbonyl (C=O) groups excluding carboxylic acids is 2. The van der Waals surface area contributed by atoms with Crippen molar-refractivity contribution in [2.24, 2.45) is 4.99 Å². The minimum absolute atomic E-state index is 0.0940. The molecule has 1 spiro atoms. The molecule has 9 nitrogen and oxygen atoms in total. The van der Waals surface area contributed by atoms with E-state index in [9.17, 15) is 14.7 Å². The summed E-state index contributed by atoms with van der Waals surface area (Å²) in [5, 5.41) is 18.8. The molecule has 0 saturated carbocycles. The predicted molar refractivity (Wildman–Crippen MR) is 95.9 cm³/mol. The van der Waals surface area contributed by atoms with E-state index in [2.05, 4.69) is 27.5 Å². The van der Waals surface area contributed by atoms with E-state index in [1.54, 1.807) is 4.90 Å². The van der Waals surface area contributed by atoms with Crippen molar-refractivity contribution < 1.29 is 19.4 Å². The van der Waals surface area contributed by atoms with Crippen molar-refractivity contribution in [1.82, 2.24) is 20.9 Å². The third-order valence-electron chi connectivity index (χ3n) is 4.55. The van der Waals surface area contributed by atoms with Crippen LogP contribution in [0.4, 0.5) is 4.79 Å². The number of nitrogens with one attached hydrogen (secondary N) is 3. The molecule has 3 aliphatic heterocycles. The largest absolute Gasteiger partial charge is 0.443 e. The minimum atomic E-state index is -1.76. The van der Waals surface area contributed by atoms with Crippen LogP contribution < -0.4 is 16.0 Å². The fraction of sp³-hybridized carbons (Fsp3) is 0.643. The molecule has 0 radical (unpaired) electrons. The fourth-order valence-electron chi connectivity index (χ4n) is 3.67. The van der Waals surface area contributed by atoms with E-state index in [4.69, 9.17) is 39.5 Å². The second-order valence-electron chi connectivity index (χ2n) is 6.38. The summed E-state index contributed by atoms with van der Waals surface area (Å²) in [5.41, 5.74) is -1.19. The van der Waals surface area contributed by atoms with E-state index in [1.165, 1.54) is 0 Å². The van der Waals surface area contributed by atoms with Crippen LogP contribution in [0.5, 0.6) is 0 Å². The lowest BCUT2D eigenvalue weighted by Gasteiger charge is -2.48. The number of carbonyl (C=O) groups is 2. The molecule has 3 rings (SSSR count). The highest BCUT2D eigenvalue weighted by atomic mass is 35.6. The van der Waals surface area contributed by atoms with E-state index in [-0.39, 0.29) is 30.8 Å². The molecule has 1 unspecified atom stereocenters. The maximum absolute atomic E-state index is 12.8. The number of aliphatic imine (C=N–C) groups is 1. The number of Topliss-reactive ketones (excluding diaryl/α,β-unsaturated/α-hetero) is 1. The Labute approximate surface area is 164 Å². The normalized spacial score (nSPS) is 34.7. The van der Waals surface area contributed by atoms with Gasteiger partial charge in [-0.05, 0) is 6.92 Å². The fourth-order valence-corrected chi connectivity index (χ4v) is 3.84. The Morgan fingerprint density at radius 2 is 2.19 bits per heavy atom. The van der Waals surface area contributed by atoms with Crippen LogP contribution in [0.25, 0.3) is 0 Å². The van der Waals surface area contributed by atoms with Gasteiger partial charge >= 0.3 is 6.09 Å². The quantitative estimate of drug-likeness (QED) is 0.463. The van der Waals surface area contributed by atoms with Crippen molar-refractivity contribution in [3.63, 3.8) is 0 Å². The molecule has 144 valence electrons. The molecule has 0 aromatic rings. The molecule has 0 aromatic heterocycles. The Morgan fingerprint density at radius 3 is 2.81 bits per heavy atom. The molecular formula is C14H18Cl3N5O4. The molecule has 1 amide bonds. The maximum atomic E-state index is 12.8. The van der Waals surface area contributed by atoms with Crippen LogP contribution >= 0.6 is 34.8 Å². The van der Waals surface area contributed by atoms with E-state index in [0.29, 0.717) is 5.82 Å². The smallest absolute Gasteiger partial charge is 0.436 e. The van der Waals surface area contributed by atoms with Crippen molar-refractivity contribution in [3.05, 3.63) is 12.4 Å². The average Bonchev–Trinajstić information content (AvgIpc) is 3.00. The molecule has 0 aliphatic carbocycles.